The predicted molar refractivity (Wildman–Crippen MR) is 84.4 cm³/mol. The average molecular weight is 368 g/mol. The number of hydrogen-bond donors (Lipinski definition) is 0. The lowest BCUT2D eigenvalue weighted by molar-refractivity contribution is 0.0991. The smallest absolute Gasteiger partial charge is 0.168 e. The van der Waals surface area contributed by atoms with Crippen molar-refractivity contribution in [3.63, 3.8) is 0 Å². The molecular formula is C15H17IN2O. The Morgan fingerprint density at radius 1 is 1.42 bits per heavy atom. The maximum atomic E-state index is 12.2. The minimum absolute atomic E-state index is 0.118. The molecule has 1 atom stereocenters. The third kappa shape index (κ3) is 3.65. The number of Topliss-reactive ketones (excluding diaryl/α,β-unsaturated/α-hetero) is 1. The van der Waals surface area contributed by atoms with Crippen LogP contribution in [0.1, 0.15) is 42.4 Å². The van der Waals surface area contributed by atoms with Gasteiger partial charge in [-0.2, -0.15) is 5.10 Å². The fourth-order valence-corrected chi connectivity index (χ4v) is 2.38. The molecule has 1 heterocycles. The molecule has 0 aliphatic rings. The van der Waals surface area contributed by atoms with Gasteiger partial charge in [-0.1, -0.05) is 19.1 Å². The van der Waals surface area contributed by atoms with Crippen molar-refractivity contribution in [2.75, 3.05) is 0 Å². The van der Waals surface area contributed by atoms with E-state index in [4.69, 9.17) is 0 Å². The van der Waals surface area contributed by atoms with E-state index >= 15 is 0 Å². The van der Waals surface area contributed by atoms with E-state index in [2.05, 4.69) is 41.5 Å². The molecule has 19 heavy (non-hydrogen) atoms. The molecule has 1 aromatic carbocycles. The summed E-state index contributed by atoms with van der Waals surface area (Å²) in [6.45, 7) is 4.25. The van der Waals surface area contributed by atoms with Crippen LogP contribution in [0, 0.1) is 3.57 Å². The number of halogens is 1. The number of aromatic nitrogens is 2. The monoisotopic (exact) mass is 368 g/mol. The summed E-state index contributed by atoms with van der Waals surface area (Å²) in [5.41, 5.74) is 1.59. The lowest BCUT2D eigenvalue weighted by atomic mass is 10.1. The first-order valence-electron chi connectivity index (χ1n) is 6.43. The number of carbonyl (C=O) groups excluding carboxylic acids is 1. The van der Waals surface area contributed by atoms with Crippen LogP contribution in [0.4, 0.5) is 0 Å². The lowest BCUT2D eigenvalue weighted by Crippen LogP contribution is -2.08. The van der Waals surface area contributed by atoms with Gasteiger partial charge in [-0.05, 0) is 54.1 Å². The quantitative estimate of drug-likeness (QED) is 0.593. The van der Waals surface area contributed by atoms with Crippen molar-refractivity contribution in [2.45, 2.75) is 32.7 Å². The van der Waals surface area contributed by atoms with E-state index in [9.17, 15) is 4.79 Å². The Kier molecular flexibility index (Phi) is 4.74. The number of hydrogen-bond acceptors (Lipinski definition) is 2. The Hall–Kier alpha value is -1.17. The maximum Gasteiger partial charge on any atom is 0.168 e. The van der Waals surface area contributed by atoms with E-state index in [0.717, 1.165) is 21.2 Å². The van der Waals surface area contributed by atoms with Crippen LogP contribution in [0.5, 0.6) is 0 Å². The molecule has 0 aliphatic heterocycles. The molecule has 0 bridgehead atoms. The van der Waals surface area contributed by atoms with Gasteiger partial charge in [-0.15, -0.1) is 0 Å². The van der Waals surface area contributed by atoms with Crippen LogP contribution in [0.2, 0.25) is 0 Å². The Bertz CT molecular complexity index is 577. The molecule has 0 aliphatic carbocycles. The molecule has 2 aromatic rings. The number of rotatable bonds is 5. The fourth-order valence-electron chi connectivity index (χ4n) is 1.83. The van der Waals surface area contributed by atoms with Gasteiger partial charge in [0.05, 0.1) is 12.1 Å². The summed E-state index contributed by atoms with van der Waals surface area (Å²) < 4.78 is 3.01. The summed E-state index contributed by atoms with van der Waals surface area (Å²) in [5, 5.41) is 4.46. The Morgan fingerprint density at radius 2 is 2.21 bits per heavy atom. The first-order chi connectivity index (χ1) is 9.10. The number of ketones is 1. The van der Waals surface area contributed by atoms with Crippen LogP contribution in [0.15, 0.2) is 36.5 Å². The number of benzene rings is 1. The second-order valence-electron chi connectivity index (χ2n) is 4.65. The highest BCUT2D eigenvalue weighted by molar-refractivity contribution is 14.1. The average Bonchev–Trinajstić information content (AvgIpc) is 2.86. The summed E-state index contributed by atoms with van der Waals surface area (Å²) in [6.07, 6.45) is 3.35. The zero-order valence-electron chi connectivity index (χ0n) is 11.1. The zero-order valence-corrected chi connectivity index (χ0v) is 13.3. The summed E-state index contributed by atoms with van der Waals surface area (Å²) in [5.74, 6) is 0.118. The predicted octanol–water partition coefficient (Wildman–Crippen LogP) is 3.88. The third-order valence-corrected chi connectivity index (χ3v) is 3.87. The summed E-state index contributed by atoms with van der Waals surface area (Å²) >= 11 is 2.22. The lowest BCUT2D eigenvalue weighted by Gasteiger charge is -2.08. The van der Waals surface area contributed by atoms with Gasteiger partial charge in [-0.25, -0.2) is 0 Å². The number of nitrogens with zero attached hydrogens (tertiary/aromatic N) is 2. The van der Waals surface area contributed by atoms with Gasteiger partial charge in [0.25, 0.3) is 0 Å². The van der Waals surface area contributed by atoms with Crippen molar-refractivity contribution in [2.24, 2.45) is 0 Å². The zero-order chi connectivity index (χ0) is 13.8. The molecule has 3 nitrogen and oxygen atoms in total. The molecule has 0 saturated heterocycles. The first-order valence-corrected chi connectivity index (χ1v) is 7.51. The first kappa shape index (κ1) is 14.2. The van der Waals surface area contributed by atoms with Crippen LogP contribution in [0.3, 0.4) is 0 Å². The van der Waals surface area contributed by atoms with Gasteiger partial charge in [0.2, 0.25) is 0 Å². The molecule has 100 valence electrons. The topological polar surface area (TPSA) is 34.9 Å². The van der Waals surface area contributed by atoms with E-state index in [1.807, 2.05) is 41.2 Å². The third-order valence-electron chi connectivity index (χ3n) is 3.19. The van der Waals surface area contributed by atoms with Gasteiger partial charge in [-0.3, -0.25) is 9.48 Å². The number of carbonyl (C=O) groups is 1. The van der Waals surface area contributed by atoms with Crippen LogP contribution in [-0.4, -0.2) is 15.6 Å². The Balaban J connectivity index is 2.09. The van der Waals surface area contributed by atoms with Gasteiger partial charge in [0.1, 0.15) is 0 Å². The Morgan fingerprint density at radius 3 is 2.89 bits per heavy atom. The molecule has 1 aromatic heterocycles. The molecule has 2 rings (SSSR count). The molecule has 0 amide bonds. The van der Waals surface area contributed by atoms with Crippen LogP contribution in [-0.2, 0) is 6.42 Å². The Labute approximate surface area is 127 Å². The SMILES string of the molecule is CCC(C)n1ccc(CC(=O)c2cccc(I)c2)n1. The minimum atomic E-state index is 0.118. The van der Waals surface area contributed by atoms with Gasteiger partial charge in [0.15, 0.2) is 5.78 Å². The maximum absolute atomic E-state index is 12.2. The van der Waals surface area contributed by atoms with Crippen LogP contribution >= 0.6 is 22.6 Å². The highest BCUT2D eigenvalue weighted by atomic mass is 127. The van der Waals surface area contributed by atoms with Crippen LogP contribution in [0.25, 0.3) is 0 Å². The molecule has 0 spiro atoms. The second-order valence-corrected chi connectivity index (χ2v) is 5.90. The van der Waals surface area contributed by atoms with Gasteiger partial charge in [0, 0.05) is 21.4 Å². The van der Waals surface area contributed by atoms with Crippen molar-refractivity contribution in [1.82, 2.24) is 9.78 Å². The highest BCUT2D eigenvalue weighted by Gasteiger charge is 2.11. The minimum Gasteiger partial charge on any atom is -0.294 e. The normalized spacial score (nSPS) is 12.4. The molecule has 1 unspecified atom stereocenters. The molecule has 0 radical (unpaired) electrons. The van der Waals surface area contributed by atoms with Crippen molar-refractivity contribution in [3.8, 4) is 0 Å². The van der Waals surface area contributed by atoms with Crippen molar-refractivity contribution < 1.29 is 4.79 Å². The highest BCUT2D eigenvalue weighted by Crippen LogP contribution is 2.13. The van der Waals surface area contributed by atoms with Gasteiger partial charge < -0.3 is 0 Å². The standard InChI is InChI=1S/C15H17IN2O/c1-3-11(2)18-8-7-14(17-18)10-15(19)12-5-4-6-13(16)9-12/h4-9,11H,3,10H2,1-2H3. The van der Waals surface area contributed by atoms with Crippen molar-refractivity contribution in [1.29, 1.82) is 0 Å². The second kappa shape index (κ2) is 6.32. The van der Waals surface area contributed by atoms with Crippen molar-refractivity contribution >= 4 is 28.4 Å². The summed E-state index contributed by atoms with van der Waals surface area (Å²) in [6, 6.07) is 9.96. The van der Waals surface area contributed by atoms with Crippen molar-refractivity contribution in [3.05, 3.63) is 51.4 Å². The van der Waals surface area contributed by atoms with E-state index in [1.54, 1.807) is 0 Å². The summed E-state index contributed by atoms with van der Waals surface area (Å²) in [4.78, 5) is 12.2. The van der Waals surface area contributed by atoms with Gasteiger partial charge >= 0.3 is 0 Å². The fraction of sp³-hybridized carbons (Fsp3) is 0.333. The summed E-state index contributed by atoms with van der Waals surface area (Å²) in [7, 11) is 0. The van der Waals surface area contributed by atoms with E-state index < -0.39 is 0 Å². The molecule has 0 N–H and O–H groups in total. The molecule has 0 fully saturated rings. The molecule has 0 saturated carbocycles. The van der Waals surface area contributed by atoms with E-state index in [1.165, 1.54) is 0 Å². The van der Waals surface area contributed by atoms with E-state index in [-0.39, 0.29) is 5.78 Å². The molecule has 4 heteroatoms. The van der Waals surface area contributed by atoms with E-state index in [0.29, 0.717) is 12.5 Å². The largest absolute Gasteiger partial charge is 0.294 e. The van der Waals surface area contributed by atoms with Crippen LogP contribution < -0.4 is 0 Å². The molecular weight excluding hydrogens is 351 g/mol.